The molecule has 1 saturated heterocycles. The summed E-state index contributed by atoms with van der Waals surface area (Å²) >= 11 is 0. The van der Waals surface area contributed by atoms with Crippen molar-refractivity contribution in [1.82, 2.24) is 19.5 Å². The Kier molecular flexibility index (Phi) is 7.18. The van der Waals surface area contributed by atoms with E-state index in [-0.39, 0.29) is 22.6 Å². The molecule has 5 rings (SSSR count). The van der Waals surface area contributed by atoms with Gasteiger partial charge in [0.2, 0.25) is 0 Å². The fraction of sp³-hybridized carbons (Fsp3) is 0.320. The van der Waals surface area contributed by atoms with Crippen LogP contribution in [0.2, 0.25) is 0 Å². The van der Waals surface area contributed by atoms with Crippen LogP contribution in [-0.2, 0) is 23.5 Å². The number of hydrogen-bond acceptors (Lipinski definition) is 9. The Morgan fingerprint density at radius 1 is 1.08 bits per heavy atom. The van der Waals surface area contributed by atoms with E-state index in [0.717, 1.165) is 18.4 Å². The molecule has 13 heteroatoms. The Labute approximate surface area is 222 Å². The Hall–Kier alpha value is -3.39. The van der Waals surface area contributed by atoms with Gasteiger partial charge in [0, 0.05) is 36.5 Å². The molecule has 202 valence electrons. The lowest BCUT2D eigenvalue weighted by molar-refractivity contribution is 0.412. The molecule has 0 bridgehead atoms. The summed E-state index contributed by atoms with van der Waals surface area (Å²) in [6, 6.07) is 12.9. The zero-order valence-electron chi connectivity index (χ0n) is 21.0. The number of fused-ring (bicyclic) bond motifs is 1. The smallest absolute Gasteiger partial charge is 0.282 e. The SMILES string of the molecule is COc1ccc(CC2CCS(O)(O)CC2)c(Nc2nc3ccccc3nc2NS(=O)(=O)c2cn(C)cn2)c1. The molecule has 0 amide bonds. The Morgan fingerprint density at radius 2 is 1.76 bits per heavy atom. The van der Waals surface area contributed by atoms with E-state index < -0.39 is 20.6 Å². The Bertz CT molecular complexity index is 1560. The summed E-state index contributed by atoms with van der Waals surface area (Å²) in [5.41, 5.74) is 2.80. The molecule has 2 aromatic heterocycles. The lowest BCUT2D eigenvalue weighted by Crippen LogP contribution is -2.22. The van der Waals surface area contributed by atoms with Crippen LogP contribution in [0.3, 0.4) is 0 Å². The predicted octanol–water partition coefficient (Wildman–Crippen LogP) is 4.62. The quantitative estimate of drug-likeness (QED) is 0.243. The molecule has 1 aliphatic rings. The molecule has 2 aromatic carbocycles. The van der Waals surface area contributed by atoms with Crippen LogP contribution >= 0.6 is 10.6 Å². The second-order valence-corrected chi connectivity index (χ2v) is 13.4. The molecular formula is C25H30N6O5S2. The summed E-state index contributed by atoms with van der Waals surface area (Å²) in [6.07, 6.45) is 4.96. The van der Waals surface area contributed by atoms with Crippen molar-refractivity contribution in [1.29, 1.82) is 0 Å². The molecule has 3 heterocycles. The molecular weight excluding hydrogens is 528 g/mol. The minimum absolute atomic E-state index is 0.0368. The van der Waals surface area contributed by atoms with Crippen molar-refractivity contribution < 1.29 is 22.3 Å². The van der Waals surface area contributed by atoms with Crippen molar-refractivity contribution in [3.05, 3.63) is 60.6 Å². The van der Waals surface area contributed by atoms with Gasteiger partial charge in [-0.15, -0.1) is 0 Å². The van der Waals surface area contributed by atoms with Gasteiger partial charge in [-0.2, -0.15) is 19.0 Å². The molecule has 0 unspecified atom stereocenters. The highest BCUT2D eigenvalue weighted by atomic mass is 32.3. The lowest BCUT2D eigenvalue weighted by atomic mass is 9.93. The van der Waals surface area contributed by atoms with Gasteiger partial charge in [0.1, 0.15) is 5.75 Å². The van der Waals surface area contributed by atoms with Gasteiger partial charge < -0.3 is 14.6 Å². The third-order valence-corrected chi connectivity index (χ3v) is 9.55. The first-order valence-electron chi connectivity index (χ1n) is 12.1. The topological polar surface area (TPSA) is 151 Å². The van der Waals surface area contributed by atoms with E-state index in [2.05, 4.69) is 25.0 Å². The highest BCUT2D eigenvalue weighted by Gasteiger charge is 2.26. The molecule has 4 aromatic rings. The molecule has 4 N–H and O–H groups in total. The van der Waals surface area contributed by atoms with E-state index >= 15 is 0 Å². The Balaban J connectivity index is 1.51. The van der Waals surface area contributed by atoms with Crippen LogP contribution in [0, 0.1) is 5.92 Å². The lowest BCUT2D eigenvalue weighted by Gasteiger charge is -2.39. The van der Waals surface area contributed by atoms with E-state index in [9.17, 15) is 17.5 Å². The molecule has 11 nitrogen and oxygen atoms in total. The number of sulfonamides is 1. The van der Waals surface area contributed by atoms with Crippen molar-refractivity contribution in [2.75, 3.05) is 28.7 Å². The van der Waals surface area contributed by atoms with Gasteiger partial charge in [0.15, 0.2) is 16.7 Å². The first-order valence-corrected chi connectivity index (χ1v) is 15.4. The second kappa shape index (κ2) is 10.4. The molecule has 38 heavy (non-hydrogen) atoms. The average Bonchev–Trinajstić information content (AvgIpc) is 3.33. The van der Waals surface area contributed by atoms with Gasteiger partial charge in [-0.05, 0) is 48.9 Å². The summed E-state index contributed by atoms with van der Waals surface area (Å²) in [6.45, 7) is 0. The fourth-order valence-corrected chi connectivity index (χ4v) is 7.06. The monoisotopic (exact) mass is 558 g/mol. The van der Waals surface area contributed by atoms with Crippen LogP contribution in [-0.4, -0.2) is 55.7 Å². The normalized spacial score (nSPS) is 16.7. The second-order valence-electron chi connectivity index (χ2n) is 9.40. The molecule has 0 radical (unpaired) electrons. The van der Waals surface area contributed by atoms with E-state index in [1.54, 1.807) is 36.9 Å². The number of nitrogens with one attached hydrogen (secondary N) is 2. The zero-order chi connectivity index (χ0) is 26.9. The molecule has 1 aliphatic heterocycles. The van der Waals surface area contributed by atoms with Crippen LogP contribution in [0.1, 0.15) is 18.4 Å². The van der Waals surface area contributed by atoms with Crippen LogP contribution in [0.15, 0.2) is 60.0 Å². The summed E-state index contributed by atoms with van der Waals surface area (Å²) in [4.78, 5) is 13.2. The van der Waals surface area contributed by atoms with Gasteiger partial charge in [0.25, 0.3) is 10.0 Å². The van der Waals surface area contributed by atoms with Crippen molar-refractivity contribution >= 4 is 49.0 Å². The van der Waals surface area contributed by atoms with Crippen LogP contribution in [0.25, 0.3) is 11.0 Å². The maximum Gasteiger partial charge on any atom is 0.282 e. The Morgan fingerprint density at radius 3 is 2.39 bits per heavy atom. The van der Waals surface area contributed by atoms with Crippen LogP contribution in [0.4, 0.5) is 17.3 Å². The van der Waals surface area contributed by atoms with Crippen molar-refractivity contribution in [2.24, 2.45) is 13.0 Å². The van der Waals surface area contributed by atoms with E-state index in [0.29, 0.717) is 40.4 Å². The average molecular weight is 559 g/mol. The number of benzene rings is 2. The van der Waals surface area contributed by atoms with Gasteiger partial charge in [-0.3, -0.25) is 13.8 Å². The fourth-order valence-electron chi connectivity index (χ4n) is 4.44. The number of aryl methyl sites for hydroxylation is 1. The van der Waals surface area contributed by atoms with Crippen molar-refractivity contribution in [2.45, 2.75) is 24.3 Å². The largest absolute Gasteiger partial charge is 0.497 e. The van der Waals surface area contributed by atoms with E-state index in [1.807, 2.05) is 24.3 Å². The van der Waals surface area contributed by atoms with Crippen LogP contribution < -0.4 is 14.8 Å². The predicted molar refractivity (Wildman–Crippen MR) is 149 cm³/mol. The zero-order valence-corrected chi connectivity index (χ0v) is 22.7. The highest BCUT2D eigenvalue weighted by molar-refractivity contribution is 8.24. The van der Waals surface area contributed by atoms with Gasteiger partial charge >= 0.3 is 0 Å². The first kappa shape index (κ1) is 26.2. The minimum Gasteiger partial charge on any atom is -0.497 e. The number of methoxy groups -OCH3 is 1. The summed E-state index contributed by atoms with van der Waals surface area (Å²) in [7, 11) is -3.23. The standard InChI is InChI=1S/C25H30N6O5S2/c1-31-15-23(26-16-31)38(34,35)30-25-24(27-20-5-3-4-6-21(20)28-25)29-22-14-19(36-2)8-7-18(22)13-17-9-11-37(32,33)12-10-17/h3-8,14-17,32-33H,9-13H2,1-2H3,(H,27,29)(H,28,30). The summed E-state index contributed by atoms with van der Waals surface area (Å²) in [5.74, 6) is 2.00. The van der Waals surface area contributed by atoms with E-state index in [4.69, 9.17) is 4.74 Å². The van der Waals surface area contributed by atoms with E-state index in [1.165, 1.54) is 12.5 Å². The number of rotatable bonds is 8. The molecule has 0 aliphatic carbocycles. The number of para-hydroxylation sites is 2. The maximum absolute atomic E-state index is 13.1. The third-order valence-electron chi connectivity index (χ3n) is 6.54. The number of hydrogen-bond donors (Lipinski definition) is 4. The number of aromatic nitrogens is 4. The number of ether oxygens (including phenoxy) is 1. The summed E-state index contributed by atoms with van der Waals surface area (Å²) < 4.78 is 55.7. The first-order chi connectivity index (χ1) is 18.1. The van der Waals surface area contributed by atoms with Crippen molar-refractivity contribution in [3.63, 3.8) is 0 Å². The number of anilines is 3. The third kappa shape index (κ3) is 5.85. The molecule has 1 fully saturated rings. The minimum atomic E-state index is -4.03. The summed E-state index contributed by atoms with van der Waals surface area (Å²) in [5, 5.41) is 3.16. The van der Waals surface area contributed by atoms with Crippen molar-refractivity contribution in [3.8, 4) is 5.75 Å². The van der Waals surface area contributed by atoms with Gasteiger partial charge in [0.05, 0.1) is 24.5 Å². The maximum atomic E-state index is 13.1. The highest BCUT2D eigenvalue weighted by Crippen LogP contribution is 2.46. The molecule has 0 saturated carbocycles. The van der Waals surface area contributed by atoms with Gasteiger partial charge in [-0.1, -0.05) is 18.2 Å². The van der Waals surface area contributed by atoms with Gasteiger partial charge in [-0.25, -0.2) is 15.0 Å². The number of imidazole rings is 1. The van der Waals surface area contributed by atoms with Crippen LogP contribution in [0.5, 0.6) is 5.75 Å². The molecule has 0 atom stereocenters. The molecule has 0 spiro atoms. The number of nitrogens with zero attached hydrogens (tertiary/aromatic N) is 4.